The van der Waals surface area contributed by atoms with Crippen LogP contribution in [0.2, 0.25) is 0 Å². The quantitative estimate of drug-likeness (QED) is 0.0470. The fourth-order valence-electron chi connectivity index (χ4n) is 5.99. The molecule has 0 spiro atoms. The van der Waals surface area contributed by atoms with E-state index < -0.39 is 24.1 Å². The van der Waals surface area contributed by atoms with Crippen LogP contribution in [0.1, 0.15) is 97.6 Å². The maximum atomic E-state index is 12.6. The summed E-state index contributed by atoms with van der Waals surface area (Å²) in [7, 11) is 0. The predicted molar refractivity (Wildman–Crippen MR) is 233 cm³/mol. The van der Waals surface area contributed by atoms with Crippen LogP contribution in [-0.2, 0) is 28.5 Å². The Bertz CT molecular complexity index is 1760. The lowest BCUT2D eigenvalue weighted by molar-refractivity contribution is -0.147. The Morgan fingerprint density at radius 3 is 1.38 bits per heavy atom. The number of nitrogens with zero attached hydrogens (tertiary/aromatic N) is 5. The second-order valence-electron chi connectivity index (χ2n) is 15.0. The number of esters is 2. The van der Waals surface area contributed by atoms with Gasteiger partial charge in [0.2, 0.25) is 0 Å². The molecule has 5 atom stereocenters. The SMILES string of the molecule is CCCCN(CCCC(C#N)CCN(CCCC)c1ccc(C=C(C#N)C(=O)OC(C)COC(C)CO)cc1)c1ccc(C=C(C#N)C(=O)OC(C)COC(C)CO)cc1. The third-order valence-electron chi connectivity index (χ3n) is 9.65. The first-order valence-electron chi connectivity index (χ1n) is 21.1. The highest BCUT2D eigenvalue weighted by Crippen LogP contribution is 2.23. The van der Waals surface area contributed by atoms with Crippen LogP contribution in [0.5, 0.6) is 0 Å². The Morgan fingerprint density at radius 1 is 0.617 bits per heavy atom. The van der Waals surface area contributed by atoms with E-state index in [0.29, 0.717) is 24.1 Å². The summed E-state index contributed by atoms with van der Waals surface area (Å²) in [6.45, 7) is 14.1. The molecule has 13 heteroatoms. The number of hydrogen-bond donors (Lipinski definition) is 2. The molecule has 0 aromatic heterocycles. The third-order valence-corrected chi connectivity index (χ3v) is 9.65. The number of aliphatic hydroxyl groups excluding tert-OH is 2. The summed E-state index contributed by atoms with van der Waals surface area (Å²) in [5.41, 5.74) is 3.15. The molecule has 0 amide bonds. The molecule has 0 saturated carbocycles. The van der Waals surface area contributed by atoms with E-state index in [1.807, 2.05) is 60.7 Å². The summed E-state index contributed by atoms with van der Waals surface area (Å²) in [5, 5.41) is 47.7. The van der Waals surface area contributed by atoms with Crippen LogP contribution in [0, 0.1) is 39.9 Å². The number of unbranched alkanes of at least 4 members (excludes halogenated alkanes) is 2. The molecule has 2 N–H and O–H groups in total. The summed E-state index contributed by atoms with van der Waals surface area (Å²) in [5.74, 6) is -1.60. The molecule has 5 unspecified atom stereocenters. The lowest BCUT2D eigenvalue weighted by atomic mass is 10.00. The summed E-state index contributed by atoms with van der Waals surface area (Å²) in [4.78, 5) is 29.9. The summed E-state index contributed by atoms with van der Waals surface area (Å²) < 4.78 is 21.5. The average molecular weight is 828 g/mol. The minimum absolute atomic E-state index is 0.103. The molecule has 0 fully saturated rings. The number of carbonyl (C=O) groups is 2. The first-order valence-corrected chi connectivity index (χ1v) is 21.1. The maximum absolute atomic E-state index is 12.6. The van der Waals surface area contributed by atoms with Crippen LogP contribution in [0.15, 0.2) is 59.7 Å². The van der Waals surface area contributed by atoms with E-state index in [1.54, 1.807) is 27.7 Å². The molecule has 2 rings (SSSR count). The van der Waals surface area contributed by atoms with Gasteiger partial charge in [-0.15, -0.1) is 0 Å². The zero-order valence-corrected chi connectivity index (χ0v) is 36.3. The smallest absolute Gasteiger partial charge is 0.349 e. The van der Waals surface area contributed by atoms with E-state index in [0.717, 1.165) is 69.5 Å². The molecule has 0 saturated heterocycles. The van der Waals surface area contributed by atoms with Crippen molar-refractivity contribution in [1.82, 2.24) is 0 Å². The van der Waals surface area contributed by atoms with E-state index in [4.69, 9.17) is 29.2 Å². The monoisotopic (exact) mass is 827 g/mol. The highest BCUT2D eigenvalue weighted by Gasteiger charge is 2.19. The number of benzene rings is 2. The average Bonchev–Trinajstić information content (AvgIpc) is 3.26. The van der Waals surface area contributed by atoms with Gasteiger partial charge in [-0.3, -0.25) is 0 Å². The van der Waals surface area contributed by atoms with Gasteiger partial charge in [0.15, 0.2) is 0 Å². The normalized spacial score (nSPS) is 14.1. The van der Waals surface area contributed by atoms with E-state index in [9.17, 15) is 25.4 Å². The van der Waals surface area contributed by atoms with Crippen molar-refractivity contribution < 1.29 is 38.7 Å². The maximum Gasteiger partial charge on any atom is 0.349 e. The van der Waals surface area contributed by atoms with Gasteiger partial charge in [-0.1, -0.05) is 51.0 Å². The zero-order valence-electron chi connectivity index (χ0n) is 36.3. The Labute approximate surface area is 357 Å². The lowest BCUT2D eigenvalue weighted by Crippen LogP contribution is -2.28. The molecule has 0 aliphatic rings. The summed E-state index contributed by atoms with van der Waals surface area (Å²) >= 11 is 0. The minimum atomic E-state index is -0.740. The van der Waals surface area contributed by atoms with Gasteiger partial charge in [0, 0.05) is 43.5 Å². The summed E-state index contributed by atoms with van der Waals surface area (Å²) in [6.07, 6.45) is 7.41. The van der Waals surface area contributed by atoms with E-state index >= 15 is 0 Å². The first kappa shape index (κ1) is 50.9. The van der Waals surface area contributed by atoms with Crippen molar-refractivity contribution in [2.75, 3.05) is 62.4 Å². The van der Waals surface area contributed by atoms with Crippen molar-refractivity contribution in [3.05, 3.63) is 70.8 Å². The van der Waals surface area contributed by atoms with Gasteiger partial charge < -0.3 is 39.0 Å². The molecule has 2 aromatic rings. The molecule has 0 heterocycles. The number of anilines is 2. The number of ether oxygens (including phenoxy) is 4. The van der Waals surface area contributed by atoms with Crippen LogP contribution in [0.4, 0.5) is 11.4 Å². The van der Waals surface area contributed by atoms with Crippen molar-refractivity contribution in [2.45, 2.75) is 111 Å². The molecular formula is C47H65N5O8. The standard InChI is InChI=1S/C47H65N5O8/c1-7-9-22-51(44-17-13-39(14-18-44)26-42(29-49)46(55)59-37(5)33-57-35(3)31-53)24-11-12-41(28-48)21-25-52(23-10-8-2)45-19-15-40(16-20-45)27-43(30-50)47(56)60-38(6)34-58-36(4)32-54/h13-20,26-27,35-38,41,53-54H,7-12,21-25,31-34H2,1-6H3. The topological polar surface area (TPSA) is 189 Å². The fraction of sp³-hybridized carbons (Fsp3) is 0.553. The molecule has 0 radical (unpaired) electrons. The molecular weight excluding hydrogens is 763 g/mol. The van der Waals surface area contributed by atoms with Gasteiger partial charge in [0.25, 0.3) is 0 Å². The molecule has 60 heavy (non-hydrogen) atoms. The van der Waals surface area contributed by atoms with Gasteiger partial charge in [-0.2, -0.15) is 15.8 Å². The molecule has 326 valence electrons. The van der Waals surface area contributed by atoms with Crippen molar-refractivity contribution in [3.8, 4) is 18.2 Å². The molecule has 0 bridgehead atoms. The minimum Gasteiger partial charge on any atom is -0.456 e. The van der Waals surface area contributed by atoms with Crippen molar-refractivity contribution in [3.63, 3.8) is 0 Å². The number of carbonyl (C=O) groups excluding carboxylic acids is 2. The van der Waals surface area contributed by atoms with Gasteiger partial charge in [-0.25, -0.2) is 9.59 Å². The predicted octanol–water partition coefficient (Wildman–Crippen LogP) is 7.38. The van der Waals surface area contributed by atoms with Crippen LogP contribution in [-0.4, -0.2) is 99.2 Å². The number of aliphatic hydroxyl groups is 2. The second-order valence-corrected chi connectivity index (χ2v) is 15.0. The van der Waals surface area contributed by atoms with Crippen LogP contribution in [0.25, 0.3) is 12.2 Å². The van der Waals surface area contributed by atoms with Crippen LogP contribution >= 0.6 is 0 Å². The number of rotatable bonds is 29. The van der Waals surface area contributed by atoms with Gasteiger partial charge in [0.05, 0.1) is 44.7 Å². The van der Waals surface area contributed by atoms with E-state index in [1.165, 1.54) is 12.2 Å². The van der Waals surface area contributed by atoms with Crippen molar-refractivity contribution in [2.24, 2.45) is 5.92 Å². The Hall–Kier alpha value is -5.23. The highest BCUT2D eigenvalue weighted by molar-refractivity contribution is 5.98. The molecule has 2 aromatic carbocycles. The number of hydrogen-bond acceptors (Lipinski definition) is 13. The van der Waals surface area contributed by atoms with Gasteiger partial charge in [-0.05, 0) is 107 Å². The van der Waals surface area contributed by atoms with E-state index in [-0.39, 0.29) is 55.7 Å². The Balaban J connectivity index is 2.04. The third kappa shape index (κ3) is 19.2. The van der Waals surface area contributed by atoms with Gasteiger partial charge >= 0.3 is 11.9 Å². The first-order chi connectivity index (χ1) is 28.9. The largest absolute Gasteiger partial charge is 0.456 e. The molecule has 0 aliphatic heterocycles. The van der Waals surface area contributed by atoms with Crippen molar-refractivity contribution >= 4 is 35.5 Å². The van der Waals surface area contributed by atoms with Crippen molar-refractivity contribution in [1.29, 1.82) is 15.8 Å². The highest BCUT2D eigenvalue weighted by atomic mass is 16.6. The lowest BCUT2D eigenvalue weighted by Gasteiger charge is -2.27. The Kier molecular flexibility index (Phi) is 24.7. The fourth-order valence-corrected chi connectivity index (χ4v) is 5.99. The zero-order chi connectivity index (χ0) is 44.3. The van der Waals surface area contributed by atoms with Gasteiger partial charge in [0.1, 0.15) is 35.5 Å². The second kappa shape index (κ2) is 29.1. The molecule has 0 aliphatic carbocycles. The summed E-state index contributed by atoms with van der Waals surface area (Å²) in [6, 6.07) is 21.8. The number of nitriles is 3. The van der Waals surface area contributed by atoms with Crippen LogP contribution in [0.3, 0.4) is 0 Å². The van der Waals surface area contributed by atoms with E-state index in [2.05, 4.69) is 29.7 Å². The Morgan fingerprint density at radius 2 is 1.02 bits per heavy atom. The van der Waals surface area contributed by atoms with Crippen LogP contribution < -0.4 is 9.80 Å². The molecule has 13 nitrogen and oxygen atoms in total.